The lowest BCUT2D eigenvalue weighted by Gasteiger charge is -2.30. The number of nitrogens with one attached hydrogen (secondary N) is 2. The summed E-state index contributed by atoms with van der Waals surface area (Å²) in [4.78, 5) is 6.48. The maximum absolute atomic E-state index is 5.68. The number of likely N-dealkylation sites (N-methyl/N-ethyl adjacent to an activating group) is 1. The molecule has 1 saturated heterocycles. The highest BCUT2D eigenvalue weighted by atomic mass is 16.5. The van der Waals surface area contributed by atoms with Gasteiger partial charge in [-0.15, -0.1) is 0 Å². The van der Waals surface area contributed by atoms with Crippen molar-refractivity contribution in [2.75, 3.05) is 46.9 Å². The van der Waals surface area contributed by atoms with Gasteiger partial charge >= 0.3 is 0 Å². The van der Waals surface area contributed by atoms with Crippen molar-refractivity contribution in [1.82, 2.24) is 15.5 Å². The molecule has 1 aliphatic heterocycles. The van der Waals surface area contributed by atoms with E-state index in [9.17, 15) is 0 Å². The van der Waals surface area contributed by atoms with Gasteiger partial charge in [-0.05, 0) is 13.0 Å². The number of nitrogens with zero attached hydrogens (tertiary/aromatic N) is 2. The monoisotopic (exact) mass is 242 g/mol. The number of rotatable bonds is 4. The van der Waals surface area contributed by atoms with Gasteiger partial charge in [0.15, 0.2) is 5.96 Å². The topological polar surface area (TPSA) is 48.9 Å². The number of ether oxygens (including phenoxy) is 1. The molecule has 0 aromatic rings. The van der Waals surface area contributed by atoms with E-state index in [2.05, 4.69) is 41.4 Å². The Bertz CT molecular complexity index is 243. The molecule has 100 valence electrons. The van der Waals surface area contributed by atoms with Gasteiger partial charge in [-0.25, -0.2) is 0 Å². The van der Waals surface area contributed by atoms with Crippen molar-refractivity contribution in [3.05, 3.63) is 0 Å². The number of hydrogen-bond donors (Lipinski definition) is 2. The van der Waals surface area contributed by atoms with Crippen molar-refractivity contribution in [2.45, 2.75) is 20.0 Å². The molecule has 0 radical (unpaired) electrons. The fourth-order valence-corrected chi connectivity index (χ4v) is 1.72. The molecule has 5 nitrogen and oxygen atoms in total. The summed E-state index contributed by atoms with van der Waals surface area (Å²) in [5.41, 5.74) is 0. The summed E-state index contributed by atoms with van der Waals surface area (Å²) in [6.45, 7) is 8.93. The predicted molar refractivity (Wildman–Crippen MR) is 71.4 cm³/mol. The van der Waals surface area contributed by atoms with Crippen molar-refractivity contribution < 1.29 is 4.74 Å². The van der Waals surface area contributed by atoms with E-state index in [0.717, 1.165) is 38.7 Å². The van der Waals surface area contributed by atoms with Crippen molar-refractivity contribution in [3.63, 3.8) is 0 Å². The molecular formula is C12H26N4O. The molecule has 2 N–H and O–H groups in total. The molecule has 0 saturated carbocycles. The lowest BCUT2D eigenvalue weighted by Crippen LogP contribution is -2.48. The lowest BCUT2D eigenvalue weighted by molar-refractivity contribution is -0.0161. The van der Waals surface area contributed by atoms with Crippen LogP contribution in [0.4, 0.5) is 0 Å². The molecule has 0 bridgehead atoms. The van der Waals surface area contributed by atoms with Crippen molar-refractivity contribution in [2.24, 2.45) is 10.9 Å². The summed E-state index contributed by atoms with van der Waals surface area (Å²) in [7, 11) is 3.92. The highest BCUT2D eigenvalue weighted by Gasteiger charge is 2.17. The van der Waals surface area contributed by atoms with Crippen LogP contribution >= 0.6 is 0 Å². The molecule has 1 aliphatic rings. The zero-order valence-corrected chi connectivity index (χ0v) is 11.5. The second kappa shape index (κ2) is 7.50. The van der Waals surface area contributed by atoms with Gasteiger partial charge in [0.2, 0.25) is 0 Å². The maximum Gasteiger partial charge on any atom is 0.191 e. The van der Waals surface area contributed by atoms with Crippen LogP contribution in [0.1, 0.15) is 13.8 Å². The molecule has 1 fully saturated rings. The zero-order chi connectivity index (χ0) is 12.7. The van der Waals surface area contributed by atoms with E-state index in [1.54, 1.807) is 7.05 Å². The average molecular weight is 242 g/mol. The molecule has 1 heterocycles. The highest BCUT2D eigenvalue weighted by Crippen LogP contribution is 2.01. The van der Waals surface area contributed by atoms with E-state index in [1.165, 1.54) is 0 Å². The molecule has 0 aromatic heterocycles. The van der Waals surface area contributed by atoms with Gasteiger partial charge in [-0.1, -0.05) is 13.8 Å². The second-order valence-corrected chi connectivity index (χ2v) is 4.98. The largest absolute Gasteiger partial charge is 0.374 e. The van der Waals surface area contributed by atoms with E-state index in [4.69, 9.17) is 4.74 Å². The van der Waals surface area contributed by atoms with Crippen LogP contribution in [-0.4, -0.2) is 63.8 Å². The third-order valence-corrected chi connectivity index (χ3v) is 2.74. The first kappa shape index (κ1) is 14.3. The smallest absolute Gasteiger partial charge is 0.191 e. The number of guanidine groups is 1. The Morgan fingerprint density at radius 3 is 2.82 bits per heavy atom. The molecule has 0 aromatic carbocycles. The van der Waals surface area contributed by atoms with Gasteiger partial charge in [0.05, 0.1) is 12.7 Å². The third-order valence-electron chi connectivity index (χ3n) is 2.74. The van der Waals surface area contributed by atoms with Gasteiger partial charge in [0.1, 0.15) is 0 Å². The molecule has 0 aliphatic carbocycles. The normalized spacial score (nSPS) is 22.9. The molecule has 5 heteroatoms. The Balaban J connectivity index is 2.22. The first-order valence-corrected chi connectivity index (χ1v) is 6.36. The van der Waals surface area contributed by atoms with E-state index in [-0.39, 0.29) is 6.10 Å². The number of morpholine rings is 1. The molecule has 0 amide bonds. The van der Waals surface area contributed by atoms with E-state index in [1.807, 2.05) is 0 Å². The average Bonchev–Trinajstić information content (AvgIpc) is 2.29. The van der Waals surface area contributed by atoms with Crippen molar-refractivity contribution in [3.8, 4) is 0 Å². The highest BCUT2D eigenvalue weighted by molar-refractivity contribution is 5.79. The minimum Gasteiger partial charge on any atom is -0.374 e. The third kappa shape index (κ3) is 5.89. The minimum absolute atomic E-state index is 0.256. The molecule has 17 heavy (non-hydrogen) atoms. The summed E-state index contributed by atoms with van der Waals surface area (Å²) in [5, 5.41) is 6.59. The Kier molecular flexibility index (Phi) is 6.29. The van der Waals surface area contributed by atoms with Crippen LogP contribution in [0, 0.1) is 5.92 Å². The predicted octanol–water partition coefficient (Wildman–Crippen LogP) is 0.138. The molecule has 1 rings (SSSR count). The molecule has 1 unspecified atom stereocenters. The maximum atomic E-state index is 5.68. The van der Waals surface area contributed by atoms with Crippen LogP contribution in [0.25, 0.3) is 0 Å². The first-order valence-electron chi connectivity index (χ1n) is 6.36. The van der Waals surface area contributed by atoms with E-state index in [0.29, 0.717) is 5.92 Å². The van der Waals surface area contributed by atoms with Crippen molar-refractivity contribution >= 4 is 5.96 Å². The van der Waals surface area contributed by atoms with Gasteiger partial charge in [-0.3, -0.25) is 4.99 Å². The Labute approximate surface area is 105 Å². The zero-order valence-electron chi connectivity index (χ0n) is 11.5. The fraction of sp³-hybridized carbons (Fsp3) is 0.917. The Hall–Kier alpha value is -0.810. The van der Waals surface area contributed by atoms with Gasteiger partial charge in [-0.2, -0.15) is 0 Å². The van der Waals surface area contributed by atoms with Crippen LogP contribution in [0.5, 0.6) is 0 Å². The Morgan fingerprint density at radius 1 is 1.47 bits per heavy atom. The van der Waals surface area contributed by atoms with E-state index < -0.39 is 0 Å². The summed E-state index contributed by atoms with van der Waals surface area (Å²) in [6.07, 6.45) is 0.256. The lowest BCUT2D eigenvalue weighted by atomic mass is 10.2. The number of hydrogen-bond acceptors (Lipinski definition) is 3. The SMILES string of the molecule is CN=C(NCC(C)C)NCC1CN(C)CCO1. The quantitative estimate of drug-likeness (QED) is 0.544. The summed E-state index contributed by atoms with van der Waals surface area (Å²) in [6, 6.07) is 0. The number of aliphatic imine (C=N–C) groups is 1. The van der Waals surface area contributed by atoms with Gasteiger partial charge in [0, 0.05) is 33.2 Å². The first-order chi connectivity index (χ1) is 8.11. The summed E-state index contributed by atoms with van der Waals surface area (Å²) >= 11 is 0. The van der Waals surface area contributed by atoms with Crippen LogP contribution in [0.3, 0.4) is 0 Å². The van der Waals surface area contributed by atoms with Gasteiger partial charge in [0.25, 0.3) is 0 Å². The molecule has 1 atom stereocenters. The standard InChI is InChI=1S/C12H26N4O/c1-10(2)7-14-12(13-3)15-8-11-9-16(4)5-6-17-11/h10-11H,5-9H2,1-4H3,(H2,13,14,15). The summed E-state index contributed by atoms with van der Waals surface area (Å²) < 4.78 is 5.68. The van der Waals surface area contributed by atoms with Crippen molar-refractivity contribution in [1.29, 1.82) is 0 Å². The van der Waals surface area contributed by atoms with Crippen LogP contribution in [0.15, 0.2) is 4.99 Å². The fourth-order valence-electron chi connectivity index (χ4n) is 1.72. The Morgan fingerprint density at radius 2 is 2.24 bits per heavy atom. The summed E-state index contributed by atoms with van der Waals surface area (Å²) in [5.74, 6) is 1.47. The van der Waals surface area contributed by atoms with Crippen LogP contribution in [0.2, 0.25) is 0 Å². The molecule has 0 spiro atoms. The van der Waals surface area contributed by atoms with Gasteiger partial charge < -0.3 is 20.3 Å². The van der Waals surface area contributed by atoms with Crippen LogP contribution in [-0.2, 0) is 4.74 Å². The second-order valence-electron chi connectivity index (χ2n) is 4.98. The van der Waals surface area contributed by atoms with E-state index >= 15 is 0 Å². The van der Waals surface area contributed by atoms with Crippen LogP contribution < -0.4 is 10.6 Å². The minimum atomic E-state index is 0.256. The molecular weight excluding hydrogens is 216 g/mol.